The molecule has 18 N–H and O–H groups in total. The van der Waals surface area contributed by atoms with Crippen LogP contribution in [0.5, 0.6) is 0 Å². The predicted octanol–water partition coefficient (Wildman–Crippen LogP) is 18.5. The van der Waals surface area contributed by atoms with Gasteiger partial charge in [-0.3, -0.25) is 23.1 Å². The first-order valence-electron chi connectivity index (χ1n) is 44.7. The van der Waals surface area contributed by atoms with Crippen LogP contribution in [-0.2, 0) is 27.9 Å². The summed E-state index contributed by atoms with van der Waals surface area (Å²) in [7, 11) is 0. The molecule has 2 fully saturated rings. The van der Waals surface area contributed by atoms with Crippen molar-refractivity contribution in [3.8, 4) is 113 Å². The van der Waals surface area contributed by atoms with Crippen molar-refractivity contribution in [2.24, 2.45) is 28.7 Å². The van der Waals surface area contributed by atoms with E-state index in [-0.39, 0.29) is 17.0 Å². The number of esters is 1. The van der Waals surface area contributed by atoms with Crippen LogP contribution in [0.15, 0.2) is 328 Å². The minimum atomic E-state index is -0.485. The zero-order chi connectivity index (χ0) is 93.9. The van der Waals surface area contributed by atoms with E-state index >= 15 is 0 Å². The van der Waals surface area contributed by atoms with Crippen LogP contribution >= 0.6 is 0 Å². The van der Waals surface area contributed by atoms with Gasteiger partial charge in [0, 0.05) is 98.5 Å². The zero-order valence-corrected chi connectivity index (χ0v) is 74.9. The van der Waals surface area contributed by atoms with Crippen LogP contribution in [-0.4, -0.2) is 96.6 Å². The maximum atomic E-state index is 12.3. The molecule has 0 bridgehead atoms. The fraction of sp³-hybridized carbons (Fsp3) is 0.130. The molecule has 0 saturated heterocycles. The Bertz CT molecular complexity index is 7840. The topological polar surface area (TPSA) is 452 Å². The summed E-state index contributed by atoms with van der Waals surface area (Å²) in [6, 6.07) is 98.0. The molecule has 0 atom stereocenters. The van der Waals surface area contributed by atoms with Crippen LogP contribution in [0.3, 0.4) is 0 Å². The van der Waals surface area contributed by atoms with Crippen molar-refractivity contribution in [1.82, 2.24) is 78.1 Å². The summed E-state index contributed by atoms with van der Waals surface area (Å²) in [5.74, 6) is 3.47. The van der Waals surface area contributed by atoms with Crippen LogP contribution in [0.4, 0.5) is 23.3 Å². The zero-order valence-electron chi connectivity index (χ0n) is 74.9. The Balaban J connectivity index is 0.000000117. The highest BCUT2D eigenvalue weighted by molar-refractivity contribution is 5.95. The molecule has 136 heavy (non-hydrogen) atoms. The number of rotatable bonds is 19. The van der Waals surface area contributed by atoms with Gasteiger partial charge in [0.2, 0.25) is 5.91 Å². The Morgan fingerprint density at radius 1 is 0.360 bits per heavy atom. The highest BCUT2D eigenvalue weighted by atomic mass is 16.5. The van der Waals surface area contributed by atoms with E-state index in [1.54, 1.807) is 62.0 Å². The summed E-state index contributed by atoms with van der Waals surface area (Å²) in [5, 5.41) is 0. The van der Waals surface area contributed by atoms with Crippen LogP contribution in [0.1, 0.15) is 102 Å². The fourth-order valence-electron chi connectivity index (χ4n) is 17.1. The van der Waals surface area contributed by atoms with E-state index in [1.807, 2.05) is 269 Å². The highest BCUT2D eigenvalue weighted by Crippen LogP contribution is 2.43. The first-order valence-corrected chi connectivity index (χ1v) is 44.7. The third-order valence-corrected chi connectivity index (χ3v) is 24.8. The van der Waals surface area contributed by atoms with E-state index in [2.05, 4.69) is 56.3 Å². The molecule has 1 amide bonds. The molecule has 2 saturated carbocycles. The van der Waals surface area contributed by atoms with Crippen LogP contribution in [0.25, 0.3) is 158 Å². The smallest absolute Gasteiger partial charge is 0.338 e. The van der Waals surface area contributed by atoms with E-state index in [9.17, 15) is 9.59 Å². The lowest BCUT2D eigenvalue weighted by Gasteiger charge is -2.38. The molecule has 0 unspecified atom stereocenters. The minimum Gasteiger partial charge on any atom is -0.462 e. The van der Waals surface area contributed by atoms with Gasteiger partial charge in [-0.1, -0.05) is 133 Å². The Morgan fingerprint density at radius 2 is 0.669 bits per heavy atom. The van der Waals surface area contributed by atoms with Crippen molar-refractivity contribution in [3.63, 3.8) is 0 Å². The van der Waals surface area contributed by atoms with Crippen LogP contribution in [0.2, 0.25) is 0 Å². The Labute approximate surface area is 783 Å². The molecule has 672 valence electrons. The summed E-state index contributed by atoms with van der Waals surface area (Å²) >= 11 is 0. The molecule has 8 aromatic carbocycles. The molecule has 2 aliphatic rings. The third-order valence-electron chi connectivity index (χ3n) is 24.8. The van der Waals surface area contributed by atoms with Gasteiger partial charge in [0.15, 0.2) is 45.9 Å². The Kier molecular flexibility index (Phi) is 24.1. The summed E-state index contributed by atoms with van der Waals surface area (Å²) in [4.78, 5) is 80.5. The van der Waals surface area contributed by atoms with Gasteiger partial charge in [0.05, 0.1) is 57.2 Å². The number of aromatic nitrogens is 16. The average molecular weight is 1790 g/mol. The number of primary amides is 1. The fourth-order valence-corrected chi connectivity index (χ4v) is 17.1. The minimum absolute atomic E-state index is 0.247. The molecular weight excluding hydrogens is 1700 g/mol. The number of fused-ring (bicyclic) bond motifs is 4. The second-order valence-electron chi connectivity index (χ2n) is 34.2. The molecule has 20 aromatic rings. The van der Waals surface area contributed by atoms with Gasteiger partial charge >= 0.3 is 5.97 Å². The number of hydrogen-bond acceptors (Lipinski definition) is 23. The number of amides is 1. The largest absolute Gasteiger partial charge is 0.462 e. The number of nitrogens with two attached hydrogens (primary N) is 9. The molecule has 28 heteroatoms. The summed E-state index contributed by atoms with van der Waals surface area (Å²) in [6.07, 6.45) is 12.9. The van der Waals surface area contributed by atoms with Crippen LogP contribution < -0.4 is 51.6 Å². The van der Waals surface area contributed by atoms with Gasteiger partial charge < -0.3 is 56.3 Å². The Hall–Kier alpha value is -17.2. The molecule has 0 aliphatic heterocycles. The van der Waals surface area contributed by atoms with Gasteiger partial charge in [-0.05, 0) is 251 Å². The van der Waals surface area contributed by atoms with Gasteiger partial charge in [-0.2, -0.15) is 0 Å². The van der Waals surface area contributed by atoms with Gasteiger partial charge in [-0.15, -0.1) is 0 Å². The summed E-state index contributed by atoms with van der Waals surface area (Å²) in [5.41, 5.74) is 79.2. The van der Waals surface area contributed by atoms with E-state index in [4.69, 9.17) is 96.2 Å². The lowest BCUT2D eigenvalue weighted by molar-refractivity contribution is 0.0526. The number of ether oxygens (including phenoxy) is 1. The summed E-state index contributed by atoms with van der Waals surface area (Å²) < 4.78 is 13.2. The number of anilines is 4. The number of benzene rings is 8. The van der Waals surface area contributed by atoms with Crippen molar-refractivity contribution < 1.29 is 14.3 Å². The Morgan fingerprint density at radius 3 is 0.971 bits per heavy atom. The number of carbonyl (C=O) groups is 2. The third kappa shape index (κ3) is 17.7. The lowest BCUT2D eigenvalue weighted by atomic mass is 9.73. The van der Waals surface area contributed by atoms with Crippen molar-refractivity contribution in [3.05, 3.63) is 361 Å². The maximum absolute atomic E-state index is 12.3. The number of hydrogen-bond donors (Lipinski definition) is 9. The van der Waals surface area contributed by atoms with Crippen LogP contribution in [0, 0.1) is 0 Å². The molecule has 22 rings (SSSR count). The van der Waals surface area contributed by atoms with Crippen molar-refractivity contribution in [1.29, 1.82) is 0 Å². The van der Waals surface area contributed by atoms with E-state index in [0.717, 1.165) is 156 Å². The lowest BCUT2D eigenvalue weighted by Crippen LogP contribution is -2.43. The van der Waals surface area contributed by atoms with Crippen molar-refractivity contribution >= 4 is 79.8 Å². The first-order chi connectivity index (χ1) is 66.0. The SMILES string of the molecule is CC(C)(N)c1ccc(-n2c(-c3cccnc3N)nc3ccc(-c4ccccc4)nc32)cc1.CCOC(=O)c1cccc(-c2ccc3nc(-c4cccnc4N)n(-c4ccc(C5(N)CCC5)cc4)c3n2)c1.NC(=O)c1cccc(-c2ccc3nc(-c4cccnc4N)n(-c4ccc(C5(N)CCC5)cc4)c3n2)c1.NCc1ccc(-n2c(-c3cccnc3N)nc3ccc(-c4ccccc4)nc32)cc1. The van der Waals surface area contributed by atoms with Gasteiger partial charge in [0.1, 0.15) is 45.3 Å². The molecule has 12 heterocycles. The number of imidazole rings is 4. The molecule has 0 radical (unpaired) electrons. The second kappa shape index (κ2) is 37.2. The van der Waals surface area contributed by atoms with Gasteiger partial charge in [-0.25, -0.2) is 64.6 Å². The molecule has 12 aromatic heterocycles. The monoisotopic (exact) mass is 1790 g/mol. The maximum Gasteiger partial charge on any atom is 0.338 e. The molecule has 28 nitrogen and oxygen atoms in total. The summed E-state index contributed by atoms with van der Waals surface area (Å²) in [6.45, 7) is 6.58. The van der Waals surface area contributed by atoms with E-state index in [0.29, 0.717) is 110 Å². The average Bonchev–Trinajstić information content (AvgIpc) is 1.65. The standard InChI is InChI=1S/C30H28N6O2.C28H25N7O.C26H24N6.C24H20N6/c1-2-38-29(37)20-7-3-6-19(18-20)24-13-14-25-28(34-24)36(27(35-25)23-8-4-17-33-26(23)31)22-11-9-21(10-12-22)30(32)15-5-16-30;29-24-21(6-2-15-32-24)26-34-23-12-11-22(17-4-1-5-18(16-17)25(30)36)33-27(23)35(26)20-9-7-19(8-10-20)28(31)13-3-14-28;1-26(2,28)18-10-12-19(13-11-18)32-24(20-9-6-16-29-23(20)27)31-22-15-14-21(30-25(22)32)17-7-4-3-5-8-17;25-15-16-8-10-18(11-9-16)30-23(19-7-4-14-27-22(19)26)29-21-13-12-20(28-24(21)30)17-5-2-1-3-6-17/h3-4,6-14,17-18H,2,5,15-16,32H2,1H3,(H2,31,33);1-2,4-12,15-16H,3,13-14,31H2,(H2,29,32)(H2,30,36);3-16H,28H2,1-2H3,(H2,27,29);1-14H,15,25H2,(H2,26,27). The number of carbonyl (C=O) groups excluding carboxylic acids is 2. The van der Waals surface area contributed by atoms with Crippen molar-refractivity contribution in [2.45, 2.75) is 82.5 Å². The van der Waals surface area contributed by atoms with E-state index < -0.39 is 11.4 Å². The quantitative estimate of drug-likeness (QED) is 0.0340. The number of nitrogens with zero attached hydrogens (tertiary/aromatic N) is 16. The van der Waals surface area contributed by atoms with Crippen molar-refractivity contribution in [2.75, 3.05) is 29.5 Å². The predicted molar refractivity (Wildman–Crippen MR) is 537 cm³/mol. The number of pyridine rings is 8. The molecular formula is C108H97N25O3. The first kappa shape index (κ1) is 88.1. The second-order valence-corrected chi connectivity index (χ2v) is 34.2. The van der Waals surface area contributed by atoms with E-state index in [1.165, 1.54) is 0 Å². The highest BCUT2D eigenvalue weighted by Gasteiger charge is 2.36. The molecule has 2 aliphatic carbocycles. The number of nitrogen functional groups attached to an aromatic ring is 4. The normalized spacial score (nSPS) is 13.0. The van der Waals surface area contributed by atoms with Gasteiger partial charge in [0.25, 0.3) is 0 Å². The molecule has 0 spiro atoms.